The lowest BCUT2D eigenvalue weighted by Gasteiger charge is -2.28. The SMILES string of the molecule is CC(C)C(C#N)C(=O)N(C)C(C)c1ccccc1F. The Morgan fingerprint density at radius 2 is 1.89 bits per heavy atom. The molecule has 0 spiro atoms. The molecule has 4 heteroatoms. The van der Waals surface area contributed by atoms with Crippen LogP contribution in [0, 0.1) is 29.0 Å². The quantitative estimate of drug-likeness (QED) is 0.836. The Morgan fingerprint density at radius 3 is 2.37 bits per heavy atom. The van der Waals surface area contributed by atoms with Crippen molar-refractivity contribution in [3.8, 4) is 6.07 Å². The van der Waals surface area contributed by atoms with Gasteiger partial charge in [0.15, 0.2) is 0 Å². The number of halogens is 1. The molecule has 0 radical (unpaired) electrons. The summed E-state index contributed by atoms with van der Waals surface area (Å²) < 4.78 is 13.7. The fourth-order valence-electron chi connectivity index (χ4n) is 1.92. The molecule has 0 aromatic heterocycles. The molecule has 0 N–H and O–H groups in total. The summed E-state index contributed by atoms with van der Waals surface area (Å²) in [6.07, 6.45) is 0. The van der Waals surface area contributed by atoms with Crippen LogP contribution < -0.4 is 0 Å². The highest BCUT2D eigenvalue weighted by Gasteiger charge is 2.28. The monoisotopic (exact) mass is 262 g/mol. The number of hydrogen-bond donors (Lipinski definition) is 0. The van der Waals surface area contributed by atoms with Crippen LogP contribution in [0.5, 0.6) is 0 Å². The zero-order valence-corrected chi connectivity index (χ0v) is 11.7. The van der Waals surface area contributed by atoms with Gasteiger partial charge in [0.2, 0.25) is 5.91 Å². The first kappa shape index (κ1) is 15.2. The van der Waals surface area contributed by atoms with Gasteiger partial charge in [0.25, 0.3) is 0 Å². The third kappa shape index (κ3) is 3.31. The fourth-order valence-corrected chi connectivity index (χ4v) is 1.92. The summed E-state index contributed by atoms with van der Waals surface area (Å²) in [6.45, 7) is 5.41. The van der Waals surface area contributed by atoms with Crippen LogP contribution in [0.15, 0.2) is 24.3 Å². The molecule has 0 saturated carbocycles. The molecule has 1 rings (SSSR count). The molecule has 0 bridgehead atoms. The van der Waals surface area contributed by atoms with Gasteiger partial charge in [0.05, 0.1) is 12.1 Å². The van der Waals surface area contributed by atoms with Crippen LogP contribution in [0.3, 0.4) is 0 Å². The summed E-state index contributed by atoms with van der Waals surface area (Å²) >= 11 is 0. The van der Waals surface area contributed by atoms with Gasteiger partial charge in [0, 0.05) is 12.6 Å². The predicted molar refractivity (Wildman–Crippen MR) is 71.5 cm³/mol. The van der Waals surface area contributed by atoms with Crippen LogP contribution in [-0.4, -0.2) is 17.9 Å². The van der Waals surface area contributed by atoms with E-state index in [1.807, 2.05) is 19.9 Å². The van der Waals surface area contributed by atoms with Crippen LogP contribution in [-0.2, 0) is 4.79 Å². The smallest absolute Gasteiger partial charge is 0.240 e. The van der Waals surface area contributed by atoms with Crippen molar-refractivity contribution in [2.75, 3.05) is 7.05 Å². The van der Waals surface area contributed by atoms with E-state index in [2.05, 4.69) is 0 Å². The number of amides is 1. The van der Waals surface area contributed by atoms with E-state index in [1.165, 1.54) is 11.0 Å². The van der Waals surface area contributed by atoms with Gasteiger partial charge in [-0.15, -0.1) is 0 Å². The first-order chi connectivity index (χ1) is 8.90. The highest BCUT2D eigenvalue weighted by molar-refractivity contribution is 5.81. The van der Waals surface area contributed by atoms with Crippen molar-refractivity contribution in [3.05, 3.63) is 35.6 Å². The number of carbonyl (C=O) groups is 1. The van der Waals surface area contributed by atoms with E-state index in [9.17, 15) is 9.18 Å². The summed E-state index contributed by atoms with van der Waals surface area (Å²) in [5.41, 5.74) is 0.457. The highest BCUT2D eigenvalue weighted by Crippen LogP contribution is 2.24. The maximum atomic E-state index is 13.7. The molecule has 0 aliphatic carbocycles. The lowest BCUT2D eigenvalue weighted by atomic mass is 9.95. The number of nitrogens with zero attached hydrogens (tertiary/aromatic N) is 2. The topological polar surface area (TPSA) is 44.1 Å². The van der Waals surface area contributed by atoms with E-state index < -0.39 is 12.0 Å². The summed E-state index contributed by atoms with van der Waals surface area (Å²) in [5.74, 6) is -1.37. The first-order valence-electron chi connectivity index (χ1n) is 6.30. The van der Waals surface area contributed by atoms with Gasteiger partial charge in [-0.3, -0.25) is 4.79 Å². The molecule has 0 saturated heterocycles. The maximum Gasteiger partial charge on any atom is 0.240 e. The van der Waals surface area contributed by atoms with Crippen molar-refractivity contribution in [2.45, 2.75) is 26.8 Å². The average Bonchev–Trinajstić information content (AvgIpc) is 2.37. The molecule has 0 aliphatic heterocycles. The lowest BCUT2D eigenvalue weighted by Crippen LogP contribution is -2.36. The number of carbonyl (C=O) groups excluding carboxylic acids is 1. The molecule has 2 atom stereocenters. The molecular formula is C15H19FN2O. The van der Waals surface area contributed by atoms with E-state index in [0.29, 0.717) is 5.56 Å². The molecule has 1 amide bonds. The number of nitriles is 1. The normalized spacial score (nSPS) is 13.7. The Labute approximate surface area is 113 Å². The molecular weight excluding hydrogens is 243 g/mol. The number of benzene rings is 1. The minimum absolute atomic E-state index is 0.0622. The Bertz CT molecular complexity index is 493. The zero-order chi connectivity index (χ0) is 14.6. The van der Waals surface area contributed by atoms with Gasteiger partial charge in [-0.2, -0.15) is 5.26 Å². The predicted octanol–water partition coefficient (Wildman–Crippen LogP) is 3.14. The van der Waals surface area contributed by atoms with Crippen LogP contribution in [0.1, 0.15) is 32.4 Å². The summed E-state index contributed by atoms with van der Waals surface area (Å²) in [5, 5.41) is 9.05. The van der Waals surface area contributed by atoms with E-state index in [0.717, 1.165) is 0 Å². The molecule has 1 aromatic rings. The van der Waals surface area contributed by atoms with Crippen molar-refractivity contribution in [3.63, 3.8) is 0 Å². The third-order valence-corrected chi connectivity index (χ3v) is 3.36. The summed E-state index contributed by atoms with van der Waals surface area (Å²) in [7, 11) is 1.60. The van der Waals surface area contributed by atoms with Crippen molar-refractivity contribution in [2.24, 2.45) is 11.8 Å². The van der Waals surface area contributed by atoms with Gasteiger partial charge < -0.3 is 4.90 Å². The molecule has 0 aliphatic rings. The maximum absolute atomic E-state index is 13.7. The zero-order valence-electron chi connectivity index (χ0n) is 11.7. The van der Waals surface area contributed by atoms with Crippen LogP contribution in [0.4, 0.5) is 4.39 Å². The Morgan fingerprint density at radius 1 is 1.32 bits per heavy atom. The van der Waals surface area contributed by atoms with Gasteiger partial charge in [0.1, 0.15) is 11.7 Å². The first-order valence-corrected chi connectivity index (χ1v) is 6.30. The molecule has 0 heterocycles. The van der Waals surface area contributed by atoms with Crippen molar-refractivity contribution in [1.29, 1.82) is 5.26 Å². The van der Waals surface area contributed by atoms with E-state index in [1.54, 1.807) is 32.2 Å². The fraction of sp³-hybridized carbons (Fsp3) is 0.467. The Kier molecular flexibility index (Phi) is 5.05. The second-order valence-electron chi connectivity index (χ2n) is 5.00. The lowest BCUT2D eigenvalue weighted by molar-refractivity contribution is -0.135. The van der Waals surface area contributed by atoms with Gasteiger partial charge >= 0.3 is 0 Å². The second kappa shape index (κ2) is 6.33. The Hall–Kier alpha value is -1.89. The number of rotatable bonds is 4. The van der Waals surface area contributed by atoms with Crippen molar-refractivity contribution < 1.29 is 9.18 Å². The molecule has 0 fully saturated rings. The van der Waals surface area contributed by atoms with Crippen LogP contribution >= 0.6 is 0 Å². The molecule has 19 heavy (non-hydrogen) atoms. The van der Waals surface area contributed by atoms with Crippen molar-refractivity contribution >= 4 is 5.91 Å². The van der Waals surface area contributed by atoms with Crippen LogP contribution in [0.25, 0.3) is 0 Å². The molecule has 102 valence electrons. The van der Waals surface area contributed by atoms with E-state index >= 15 is 0 Å². The van der Waals surface area contributed by atoms with Crippen LogP contribution in [0.2, 0.25) is 0 Å². The minimum atomic E-state index is -0.695. The Balaban J connectivity index is 2.95. The molecule has 3 nitrogen and oxygen atoms in total. The summed E-state index contributed by atoms with van der Waals surface area (Å²) in [4.78, 5) is 13.7. The van der Waals surface area contributed by atoms with Gasteiger partial charge in [-0.05, 0) is 18.9 Å². The highest BCUT2D eigenvalue weighted by atomic mass is 19.1. The number of hydrogen-bond acceptors (Lipinski definition) is 2. The molecule has 1 aromatic carbocycles. The molecule has 2 unspecified atom stereocenters. The average molecular weight is 262 g/mol. The standard InChI is InChI=1S/C15H19FN2O/c1-10(2)13(9-17)15(19)18(4)11(3)12-7-5-6-8-14(12)16/h5-8,10-11,13H,1-4H3. The van der Waals surface area contributed by atoms with Gasteiger partial charge in [-0.25, -0.2) is 4.39 Å². The second-order valence-corrected chi connectivity index (χ2v) is 5.00. The minimum Gasteiger partial charge on any atom is -0.338 e. The van der Waals surface area contributed by atoms with E-state index in [4.69, 9.17) is 5.26 Å². The van der Waals surface area contributed by atoms with Crippen molar-refractivity contribution in [1.82, 2.24) is 4.90 Å². The van der Waals surface area contributed by atoms with E-state index in [-0.39, 0.29) is 17.6 Å². The van der Waals surface area contributed by atoms with Gasteiger partial charge in [-0.1, -0.05) is 32.0 Å². The largest absolute Gasteiger partial charge is 0.338 e. The summed E-state index contributed by atoms with van der Waals surface area (Å²) in [6, 6.07) is 7.99. The third-order valence-electron chi connectivity index (χ3n) is 3.36.